The minimum atomic E-state index is 0.313. The monoisotopic (exact) mass is 323 g/mol. The minimum absolute atomic E-state index is 0.313. The highest BCUT2D eigenvalue weighted by molar-refractivity contribution is 9.10. The van der Waals surface area contributed by atoms with Crippen LogP contribution in [0, 0.1) is 5.92 Å². The van der Waals surface area contributed by atoms with E-state index in [1.54, 1.807) is 0 Å². The second kappa shape index (κ2) is 6.27. The summed E-state index contributed by atoms with van der Waals surface area (Å²) in [5, 5.41) is 3.57. The second-order valence-electron chi connectivity index (χ2n) is 5.84. The van der Waals surface area contributed by atoms with Crippen molar-refractivity contribution in [3.05, 3.63) is 28.2 Å². The van der Waals surface area contributed by atoms with Gasteiger partial charge in [0, 0.05) is 17.4 Å². The van der Waals surface area contributed by atoms with Crippen LogP contribution in [0.2, 0.25) is 0 Å². The number of halogens is 1. The molecule has 0 bridgehead atoms. The molecule has 1 atom stereocenters. The zero-order chi connectivity index (χ0) is 13.1. The van der Waals surface area contributed by atoms with E-state index in [1.165, 1.54) is 37.7 Å². The Morgan fingerprint density at radius 2 is 2.11 bits per heavy atom. The lowest BCUT2D eigenvalue weighted by Gasteiger charge is -2.13. The average molecular weight is 324 g/mol. The fourth-order valence-electron chi connectivity index (χ4n) is 3.27. The lowest BCUT2D eigenvalue weighted by atomic mass is 10.0. The molecule has 0 saturated heterocycles. The summed E-state index contributed by atoms with van der Waals surface area (Å²) in [7, 11) is 0. The fraction of sp³-hybridized carbons (Fsp3) is 0.625. The predicted molar refractivity (Wildman–Crippen MR) is 81.7 cm³/mol. The summed E-state index contributed by atoms with van der Waals surface area (Å²) in [4.78, 5) is 0. The van der Waals surface area contributed by atoms with Crippen LogP contribution in [0.5, 0.6) is 5.75 Å². The third kappa shape index (κ3) is 3.51. The molecule has 104 valence electrons. The molecule has 1 N–H and O–H groups in total. The van der Waals surface area contributed by atoms with Crippen molar-refractivity contribution in [3.8, 4) is 5.75 Å². The maximum atomic E-state index is 5.95. The van der Waals surface area contributed by atoms with Crippen molar-refractivity contribution in [2.45, 2.75) is 44.6 Å². The molecular weight excluding hydrogens is 302 g/mol. The second-order valence-corrected chi connectivity index (χ2v) is 6.75. The molecule has 1 heterocycles. The standard InChI is InChI=1S/C16H22BrNO/c17-14-5-6-16-13(9-14)10-15(19-16)11-18-8-7-12-3-1-2-4-12/h5-6,9,12,15,18H,1-4,7-8,10-11H2. The summed E-state index contributed by atoms with van der Waals surface area (Å²) in [5.74, 6) is 2.04. The summed E-state index contributed by atoms with van der Waals surface area (Å²) >= 11 is 3.52. The maximum Gasteiger partial charge on any atom is 0.123 e. The zero-order valence-electron chi connectivity index (χ0n) is 11.3. The highest BCUT2D eigenvalue weighted by Crippen LogP contribution is 2.31. The van der Waals surface area contributed by atoms with Crippen LogP contribution in [0.3, 0.4) is 0 Å². The molecule has 0 amide bonds. The van der Waals surface area contributed by atoms with E-state index in [-0.39, 0.29) is 0 Å². The number of benzene rings is 1. The number of nitrogens with one attached hydrogen (secondary N) is 1. The summed E-state index contributed by atoms with van der Waals surface area (Å²) in [6.45, 7) is 2.11. The van der Waals surface area contributed by atoms with Crippen molar-refractivity contribution < 1.29 is 4.74 Å². The van der Waals surface area contributed by atoms with Crippen LogP contribution in [0.4, 0.5) is 0 Å². The van der Waals surface area contributed by atoms with E-state index < -0.39 is 0 Å². The van der Waals surface area contributed by atoms with Crippen molar-refractivity contribution in [1.29, 1.82) is 0 Å². The molecular formula is C16H22BrNO. The van der Waals surface area contributed by atoms with E-state index in [2.05, 4.69) is 39.4 Å². The first-order valence-electron chi connectivity index (χ1n) is 7.47. The third-order valence-electron chi connectivity index (χ3n) is 4.34. The number of hydrogen-bond acceptors (Lipinski definition) is 2. The summed E-state index contributed by atoms with van der Waals surface area (Å²) in [6.07, 6.45) is 8.47. The molecule has 1 unspecified atom stereocenters. The van der Waals surface area contributed by atoms with Crippen LogP contribution in [0.25, 0.3) is 0 Å². The van der Waals surface area contributed by atoms with Gasteiger partial charge in [-0.15, -0.1) is 0 Å². The van der Waals surface area contributed by atoms with Crippen LogP contribution in [0.1, 0.15) is 37.7 Å². The molecule has 19 heavy (non-hydrogen) atoms. The zero-order valence-corrected chi connectivity index (χ0v) is 12.9. The van der Waals surface area contributed by atoms with Gasteiger partial charge in [0.15, 0.2) is 0 Å². The predicted octanol–water partition coefficient (Wildman–Crippen LogP) is 3.92. The van der Waals surface area contributed by atoms with E-state index in [4.69, 9.17) is 4.74 Å². The van der Waals surface area contributed by atoms with Gasteiger partial charge < -0.3 is 10.1 Å². The first kappa shape index (κ1) is 13.4. The molecule has 0 radical (unpaired) electrons. The normalized spacial score (nSPS) is 22.5. The first-order chi connectivity index (χ1) is 9.31. The molecule has 1 saturated carbocycles. The van der Waals surface area contributed by atoms with Crippen molar-refractivity contribution >= 4 is 15.9 Å². The number of rotatable bonds is 5. The quantitative estimate of drug-likeness (QED) is 0.829. The highest BCUT2D eigenvalue weighted by Gasteiger charge is 2.22. The summed E-state index contributed by atoms with van der Waals surface area (Å²) in [6, 6.07) is 6.29. The Balaban J connectivity index is 1.38. The van der Waals surface area contributed by atoms with E-state index >= 15 is 0 Å². The van der Waals surface area contributed by atoms with Gasteiger partial charge in [-0.1, -0.05) is 41.6 Å². The van der Waals surface area contributed by atoms with Gasteiger partial charge in [-0.2, -0.15) is 0 Å². The van der Waals surface area contributed by atoms with Gasteiger partial charge in [-0.3, -0.25) is 0 Å². The molecule has 0 aromatic heterocycles. The van der Waals surface area contributed by atoms with Crippen molar-refractivity contribution in [2.24, 2.45) is 5.92 Å². The van der Waals surface area contributed by atoms with Gasteiger partial charge in [-0.05, 0) is 42.6 Å². The number of fused-ring (bicyclic) bond motifs is 1. The van der Waals surface area contributed by atoms with Crippen molar-refractivity contribution in [1.82, 2.24) is 5.32 Å². The van der Waals surface area contributed by atoms with Crippen LogP contribution >= 0.6 is 15.9 Å². The van der Waals surface area contributed by atoms with Gasteiger partial charge in [0.25, 0.3) is 0 Å². The molecule has 1 fully saturated rings. The largest absolute Gasteiger partial charge is 0.488 e. The molecule has 1 aliphatic carbocycles. The molecule has 3 heteroatoms. The first-order valence-corrected chi connectivity index (χ1v) is 8.26. The van der Waals surface area contributed by atoms with E-state index in [9.17, 15) is 0 Å². The summed E-state index contributed by atoms with van der Waals surface area (Å²) in [5.41, 5.74) is 1.33. The molecule has 3 rings (SSSR count). The SMILES string of the molecule is Brc1ccc2c(c1)CC(CNCCC1CCCC1)O2. The van der Waals surface area contributed by atoms with Crippen molar-refractivity contribution in [2.75, 3.05) is 13.1 Å². The van der Waals surface area contributed by atoms with Gasteiger partial charge in [0.1, 0.15) is 11.9 Å². The fourth-order valence-corrected chi connectivity index (χ4v) is 3.68. The Morgan fingerprint density at radius 3 is 2.95 bits per heavy atom. The Labute approximate surface area is 124 Å². The lowest BCUT2D eigenvalue weighted by Crippen LogP contribution is -2.31. The van der Waals surface area contributed by atoms with Crippen molar-refractivity contribution in [3.63, 3.8) is 0 Å². The van der Waals surface area contributed by atoms with Crippen LogP contribution in [-0.2, 0) is 6.42 Å². The Bertz CT molecular complexity index is 429. The van der Waals surface area contributed by atoms with Gasteiger partial charge >= 0.3 is 0 Å². The molecule has 2 aliphatic rings. The topological polar surface area (TPSA) is 21.3 Å². The minimum Gasteiger partial charge on any atom is -0.488 e. The van der Waals surface area contributed by atoms with Gasteiger partial charge in [-0.25, -0.2) is 0 Å². The molecule has 1 aromatic rings. The molecule has 0 spiro atoms. The summed E-state index contributed by atoms with van der Waals surface area (Å²) < 4.78 is 7.09. The Morgan fingerprint density at radius 1 is 1.26 bits per heavy atom. The van der Waals surface area contributed by atoms with E-state index in [0.717, 1.165) is 35.7 Å². The molecule has 1 aliphatic heterocycles. The maximum absolute atomic E-state index is 5.95. The van der Waals surface area contributed by atoms with E-state index in [0.29, 0.717) is 6.10 Å². The van der Waals surface area contributed by atoms with Crippen LogP contribution < -0.4 is 10.1 Å². The third-order valence-corrected chi connectivity index (χ3v) is 4.83. The molecule has 1 aromatic carbocycles. The van der Waals surface area contributed by atoms with E-state index in [1.807, 2.05) is 0 Å². The van der Waals surface area contributed by atoms with Crippen LogP contribution in [0.15, 0.2) is 22.7 Å². The average Bonchev–Trinajstić information content (AvgIpc) is 3.02. The van der Waals surface area contributed by atoms with Gasteiger partial charge in [0.2, 0.25) is 0 Å². The number of ether oxygens (including phenoxy) is 1. The highest BCUT2D eigenvalue weighted by atomic mass is 79.9. The Hall–Kier alpha value is -0.540. The smallest absolute Gasteiger partial charge is 0.123 e. The number of hydrogen-bond donors (Lipinski definition) is 1. The molecule has 2 nitrogen and oxygen atoms in total. The Kier molecular flexibility index (Phi) is 4.44. The van der Waals surface area contributed by atoms with Crippen LogP contribution in [-0.4, -0.2) is 19.2 Å². The lowest BCUT2D eigenvalue weighted by molar-refractivity contribution is 0.226. The van der Waals surface area contributed by atoms with Gasteiger partial charge in [0.05, 0.1) is 0 Å².